The number of carbonyl (C=O) groups is 1. The minimum atomic E-state index is -3.51. The number of aromatic hydroxyl groups is 1. The van der Waals surface area contributed by atoms with E-state index in [0.717, 1.165) is 6.26 Å². The summed E-state index contributed by atoms with van der Waals surface area (Å²) in [5.74, 6) is -0.509. The fourth-order valence-electron chi connectivity index (χ4n) is 2.70. The number of sulfonamides is 1. The van der Waals surface area contributed by atoms with Crippen molar-refractivity contribution in [1.82, 2.24) is 4.57 Å². The fourth-order valence-corrected chi connectivity index (χ4v) is 3.27. The average Bonchev–Trinajstić information content (AvgIpc) is 2.93. The second-order valence-corrected chi connectivity index (χ2v) is 7.79. The lowest BCUT2D eigenvalue weighted by Gasteiger charge is -2.13. The fraction of sp³-hybridized carbons (Fsp3) is 0.176. The van der Waals surface area contributed by atoms with E-state index in [0.29, 0.717) is 10.8 Å². The van der Waals surface area contributed by atoms with Crippen molar-refractivity contribution < 1.29 is 35.3 Å². The Morgan fingerprint density at radius 2 is 1.96 bits per heavy atom. The molecule has 10 heteroatoms. The number of halogens is 1. The molecule has 3 N–H and O–H groups in total. The van der Waals surface area contributed by atoms with Crippen molar-refractivity contribution >= 4 is 38.1 Å². The van der Waals surface area contributed by atoms with Gasteiger partial charge in [0.2, 0.25) is 16.4 Å². The van der Waals surface area contributed by atoms with Crippen LogP contribution in [-0.2, 0) is 28.4 Å². The van der Waals surface area contributed by atoms with Crippen LogP contribution in [0.15, 0.2) is 49.1 Å². The van der Waals surface area contributed by atoms with Crippen LogP contribution in [0.2, 0.25) is 0 Å². The molecule has 0 aliphatic heterocycles. The Morgan fingerprint density at radius 1 is 1.22 bits per heavy atom. The molecule has 0 saturated heterocycles. The molecule has 0 radical (unpaired) electrons. The van der Waals surface area contributed by atoms with Crippen molar-refractivity contribution in [3.8, 4) is 5.75 Å². The summed E-state index contributed by atoms with van der Waals surface area (Å²) in [4.78, 5) is 12.2. The Balaban J connectivity index is 0.00000261. The van der Waals surface area contributed by atoms with Crippen molar-refractivity contribution in [3.63, 3.8) is 0 Å². The Labute approximate surface area is 162 Å². The largest absolute Gasteiger partial charge is 1.00 e. The molecule has 1 aromatic heterocycles. The van der Waals surface area contributed by atoms with E-state index in [4.69, 9.17) is 0 Å². The molecule has 2 aromatic carbocycles. The number of phenolic OH excluding ortho intramolecular Hbond substituents is 1. The maximum atomic E-state index is 12.2. The van der Waals surface area contributed by atoms with Crippen LogP contribution < -0.4 is 27.0 Å². The monoisotopic (exact) mass is 410 g/mol. The van der Waals surface area contributed by atoms with Gasteiger partial charge in [0.1, 0.15) is 18.1 Å². The quantitative estimate of drug-likeness (QED) is 0.340. The molecule has 0 aliphatic carbocycles. The van der Waals surface area contributed by atoms with Crippen LogP contribution in [0.5, 0.6) is 5.75 Å². The molecule has 0 spiro atoms. The third kappa shape index (κ3) is 4.89. The number of benzene rings is 2. The van der Waals surface area contributed by atoms with E-state index in [1.807, 2.05) is 17.8 Å². The molecule has 0 atom stereocenters. The Bertz CT molecular complexity index is 1100. The second kappa shape index (κ2) is 7.85. The molecule has 0 unspecified atom stereocenters. The topological polar surface area (TPSA) is 104 Å². The summed E-state index contributed by atoms with van der Waals surface area (Å²) in [7, 11) is -1.67. The van der Waals surface area contributed by atoms with Crippen LogP contribution in [-0.4, -0.2) is 30.3 Å². The standard InChI is InChI=1S/C17H18N4O4S.ClH/c1-20-8-9-21(11-20)10-15(22)18-14-7-6-12-4-3-5-13(16(12)17(14)23)19-26(2,24)25;/h3-9,11,19H,10H2,1-2H3,(H-,18,22,23);1H. The molecule has 0 aliphatic rings. The number of fused-ring (bicyclic) bond motifs is 1. The number of carbonyl (C=O) groups excluding carboxylic acids is 1. The smallest absolute Gasteiger partial charge is 0.266 e. The van der Waals surface area contributed by atoms with Gasteiger partial charge in [-0.05, 0) is 17.5 Å². The average molecular weight is 411 g/mol. The van der Waals surface area contributed by atoms with E-state index >= 15 is 0 Å². The van der Waals surface area contributed by atoms with Gasteiger partial charge in [-0.2, -0.15) is 0 Å². The van der Waals surface area contributed by atoms with Crippen LogP contribution >= 0.6 is 0 Å². The van der Waals surface area contributed by atoms with Gasteiger partial charge in [0.05, 0.1) is 24.7 Å². The number of anilines is 2. The molecule has 0 fully saturated rings. The molecule has 0 bridgehead atoms. The summed E-state index contributed by atoms with van der Waals surface area (Å²) in [5.41, 5.74) is 0.456. The van der Waals surface area contributed by atoms with Gasteiger partial charge in [-0.25, -0.2) is 17.6 Å². The third-order valence-corrected chi connectivity index (χ3v) is 4.33. The van der Waals surface area contributed by atoms with E-state index < -0.39 is 10.0 Å². The summed E-state index contributed by atoms with van der Waals surface area (Å²) >= 11 is 0. The predicted octanol–water partition coefficient (Wildman–Crippen LogP) is -1.81. The van der Waals surface area contributed by atoms with E-state index in [-0.39, 0.29) is 42.0 Å². The SMILES string of the molecule is C[n+]1ccn(CC(=O)Nc2ccc3cccc(NS(C)(=O)=O)c3c2O)c1.[Cl-]. The summed E-state index contributed by atoms with van der Waals surface area (Å²) in [6.45, 7) is 0.0849. The first kappa shape index (κ1) is 20.5. The van der Waals surface area contributed by atoms with Gasteiger partial charge in [0, 0.05) is 5.39 Å². The summed E-state index contributed by atoms with van der Waals surface area (Å²) in [6, 6.07) is 8.26. The summed E-state index contributed by atoms with van der Waals surface area (Å²) < 4.78 is 29.0. The molecular weight excluding hydrogens is 392 g/mol. The van der Waals surface area contributed by atoms with Crippen LogP contribution in [0.1, 0.15) is 0 Å². The number of aryl methyl sites for hydroxylation is 1. The molecule has 144 valence electrons. The summed E-state index contributed by atoms with van der Waals surface area (Å²) in [5, 5.41) is 14.2. The number of amides is 1. The zero-order valence-electron chi connectivity index (χ0n) is 14.7. The Kier molecular flexibility index (Phi) is 5.97. The van der Waals surface area contributed by atoms with Crippen molar-refractivity contribution in [3.05, 3.63) is 49.1 Å². The number of aromatic nitrogens is 2. The molecule has 1 heterocycles. The Hall–Kier alpha value is -2.78. The number of rotatable bonds is 5. The van der Waals surface area contributed by atoms with Crippen LogP contribution in [0.25, 0.3) is 10.8 Å². The van der Waals surface area contributed by atoms with Crippen LogP contribution in [0.3, 0.4) is 0 Å². The van der Waals surface area contributed by atoms with Crippen molar-refractivity contribution in [2.24, 2.45) is 7.05 Å². The minimum Gasteiger partial charge on any atom is -1.00 e. The minimum absolute atomic E-state index is 0. The van der Waals surface area contributed by atoms with E-state index in [1.165, 1.54) is 0 Å². The van der Waals surface area contributed by atoms with E-state index in [9.17, 15) is 18.3 Å². The first-order valence-electron chi connectivity index (χ1n) is 7.76. The van der Waals surface area contributed by atoms with Gasteiger partial charge in [-0.15, -0.1) is 0 Å². The molecule has 3 aromatic rings. The highest BCUT2D eigenvalue weighted by Gasteiger charge is 2.15. The number of phenols is 1. The molecule has 3 rings (SSSR count). The summed E-state index contributed by atoms with van der Waals surface area (Å²) in [6.07, 6.45) is 6.36. The lowest BCUT2D eigenvalue weighted by Crippen LogP contribution is -3.00. The lowest BCUT2D eigenvalue weighted by atomic mass is 10.1. The maximum Gasteiger partial charge on any atom is 0.266 e. The van der Waals surface area contributed by atoms with Gasteiger partial charge in [0.15, 0.2) is 6.54 Å². The van der Waals surface area contributed by atoms with Gasteiger partial charge >= 0.3 is 0 Å². The second-order valence-electron chi connectivity index (χ2n) is 6.04. The zero-order chi connectivity index (χ0) is 18.9. The van der Waals surface area contributed by atoms with Crippen LogP contribution in [0.4, 0.5) is 11.4 Å². The number of hydrogen-bond acceptors (Lipinski definition) is 4. The first-order valence-corrected chi connectivity index (χ1v) is 9.65. The number of nitrogens with one attached hydrogen (secondary N) is 2. The first-order chi connectivity index (χ1) is 12.2. The van der Waals surface area contributed by atoms with Crippen molar-refractivity contribution in [1.29, 1.82) is 0 Å². The van der Waals surface area contributed by atoms with E-state index in [2.05, 4.69) is 10.0 Å². The molecule has 0 saturated carbocycles. The van der Waals surface area contributed by atoms with E-state index in [1.54, 1.807) is 47.4 Å². The third-order valence-electron chi connectivity index (χ3n) is 3.74. The Morgan fingerprint density at radius 3 is 2.59 bits per heavy atom. The van der Waals surface area contributed by atoms with Gasteiger partial charge in [-0.1, -0.05) is 18.2 Å². The van der Waals surface area contributed by atoms with Crippen molar-refractivity contribution in [2.45, 2.75) is 6.54 Å². The number of hydrogen-bond donors (Lipinski definition) is 3. The molecular formula is C17H19ClN4O4S. The highest BCUT2D eigenvalue weighted by Crippen LogP contribution is 2.37. The molecule has 8 nitrogen and oxygen atoms in total. The van der Waals surface area contributed by atoms with Gasteiger partial charge in [0.25, 0.3) is 5.91 Å². The van der Waals surface area contributed by atoms with Gasteiger partial charge in [-0.3, -0.25) is 9.52 Å². The highest BCUT2D eigenvalue weighted by atomic mass is 35.5. The van der Waals surface area contributed by atoms with Gasteiger partial charge < -0.3 is 22.8 Å². The molecule has 27 heavy (non-hydrogen) atoms. The van der Waals surface area contributed by atoms with Crippen molar-refractivity contribution in [2.75, 3.05) is 16.3 Å². The lowest BCUT2D eigenvalue weighted by molar-refractivity contribution is -0.671. The highest BCUT2D eigenvalue weighted by molar-refractivity contribution is 7.92. The molecule has 1 amide bonds. The maximum absolute atomic E-state index is 12.2. The number of imidazole rings is 1. The zero-order valence-corrected chi connectivity index (χ0v) is 16.3. The normalized spacial score (nSPS) is 11.0. The predicted molar refractivity (Wildman–Crippen MR) is 98.3 cm³/mol. The van der Waals surface area contributed by atoms with Crippen LogP contribution in [0, 0.1) is 0 Å². The number of nitrogens with zero attached hydrogens (tertiary/aromatic N) is 2.